The van der Waals surface area contributed by atoms with Crippen LogP contribution in [-0.4, -0.2) is 29.7 Å². The molecule has 2 aromatic carbocycles. The van der Waals surface area contributed by atoms with Gasteiger partial charge in [0.25, 0.3) is 5.89 Å². The van der Waals surface area contributed by atoms with E-state index in [1.807, 2.05) is 31.2 Å². The van der Waals surface area contributed by atoms with Crippen LogP contribution in [0.3, 0.4) is 0 Å². The number of ether oxygens (including phenoxy) is 1. The third kappa shape index (κ3) is 3.40. The van der Waals surface area contributed by atoms with Gasteiger partial charge in [-0.3, -0.25) is 4.79 Å². The molecule has 0 N–H and O–H groups in total. The summed E-state index contributed by atoms with van der Waals surface area (Å²) >= 11 is 6.08. The molecular formula is C20H18ClN3O3. The van der Waals surface area contributed by atoms with E-state index in [1.165, 1.54) is 0 Å². The minimum absolute atomic E-state index is 0.0514. The molecule has 1 atom stereocenters. The van der Waals surface area contributed by atoms with Crippen molar-refractivity contribution in [2.75, 3.05) is 18.6 Å². The summed E-state index contributed by atoms with van der Waals surface area (Å²) in [5.74, 6) is 1.36. The number of amides is 1. The number of carbonyl (C=O) groups excluding carboxylic acids is 1. The second-order valence-electron chi connectivity index (χ2n) is 6.54. The summed E-state index contributed by atoms with van der Waals surface area (Å²) in [5.41, 5.74) is 2.66. The van der Waals surface area contributed by atoms with E-state index in [9.17, 15) is 4.79 Å². The minimum atomic E-state index is -0.124. The predicted octanol–water partition coefficient (Wildman–Crippen LogP) is 4.23. The SMILES string of the molecule is COc1ccc(Cl)cc1-c1nc(C2CC(=O)N(c3ccc(C)cc3)C2)no1. The largest absolute Gasteiger partial charge is 0.496 e. The van der Waals surface area contributed by atoms with Crippen LogP contribution in [0.2, 0.25) is 5.02 Å². The zero-order valence-corrected chi connectivity index (χ0v) is 15.7. The Balaban J connectivity index is 1.58. The molecule has 1 aromatic heterocycles. The van der Waals surface area contributed by atoms with Gasteiger partial charge in [0.1, 0.15) is 5.75 Å². The number of hydrogen-bond acceptors (Lipinski definition) is 5. The molecule has 1 amide bonds. The van der Waals surface area contributed by atoms with Gasteiger partial charge < -0.3 is 14.2 Å². The van der Waals surface area contributed by atoms with Crippen molar-refractivity contribution in [3.8, 4) is 17.2 Å². The van der Waals surface area contributed by atoms with Gasteiger partial charge in [-0.05, 0) is 37.3 Å². The van der Waals surface area contributed by atoms with Gasteiger partial charge >= 0.3 is 0 Å². The highest BCUT2D eigenvalue weighted by Crippen LogP contribution is 2.34. The molecule has 0 radical (unpaired) electrons. The molecule has 1 aliphatic rings. The van der Waals surface area contributed by atoms with Crippen LogP contribution in [0.1, 0.15) is 23.7 Å². The summed E-state index contributed by atoms with van der Waals surface area (Å²) in [7, 11) is 1.57. The fourth-order valence-electron chi connectivity index (χ4n) is 3.21. The summed E-state index contributed by atoms with van der Waals surface area (Å²) in [6, 6.07) is 13.1. The first-order valence-electron chi connectivity index (χ1n) is 8.59. The summed E-state index contributed by atoms with van der Waals surface area (Å²) in [4.78, 5) is 18.7. The van der Waals surface area contributed by atoms with Gasteiger partial charge in [-0.25, -0.2) is 0 Å². The molecule has 1 fully saturated rings. The second kappa shape index (κ2) is 7.04. The van der Waals surface area contributed by atoms with E-state index >= 15 is 0 Å². The van der Waals surface area contributed by atoms with E-state index < -0.39 is 0 Å². The molecule has 0 saturated carbocycles. The van der Waals surface area contributed by atoms with Crippen LogP contribution in [0.5, 0.6) is 5.75 Å². The first-order valence-corrected chi connectivity index (χ1v) is 8.97. The van der Waals surface area contributed by atoms with E-state index in [4.69, 9.17) is 20.9 Å². The molecule has 0 spiro atoms. The molecule has 7 heteroatoms. The third-order valence-corrected chi connectivity index (χ3v) is 4.90. The molecule has 1 unspecified atom stereocenters. The molecule has 138 valence electrons. The van der Waals surface area contributed by atoms with Crippen molar-refractivity contribution in [2.45, 2.75) is 19.3 Å². The van der Waals surface area contributed by atoms with Crippen molar-refractivity contribution in [3.63, 3.8) is 0 Å². The van der Waals surface area contributed by atoms with Gasteiger partial charge in [0.15, 0.2) is 5.82 Å². The molecule has 4 rings (SSSR count). The van der Waals surface area contributed by atoms with Crippen LogP contribution in [-0.2, 0) is 4.79 Å². The monoisotopic (exact) mass is 383 g/mol. The van der Waals surface area contributed by atoms with Gasteiger partial charge in [-0.15, -0.1) is 0 Å². The van der Waals surface area contributed by atoms with E-state index in [-0.39, 0.29) is 11.8 Å². The highest BCUT2D eigenvalue weighted by molar-refractivity contribution is 6.30. The van der Waals surface area contributed by atoms with Gasteiger partial charge in [0.05, 0.1) is 12.7 Å². The smallest absolute Gasteiger partial charge is 0.261 e. The van der Waals surface area contributed by atoms with Crippen molar-refractivity contribution in [1.29, 1.82) is 0 Å². The average Bonchev–Trinajstić information content (AvgIpc) is 3.29. The molecule has 2 heterocycles. The fourth-order valence-corrected chi connectivity index (χ4v) is 3.38. The summed E-state index contributed by atoms with van der Waals surface area (Å²) in [5, 5.41) is 4.64. The van der Waals surface area contributed by atoms with Crippen LogP contribution >= 0.6 is 11.6 Å². The van der Waals surface area contributed by atoms with E-state index in [1.54, 1.807) is 30.2 Å². The van der Waals surface area contributed by atoms with Crippen LogP contribution in [0.15, 0.2) is 47.0 Å². The van der Waals surface area contributed by atoms with Crippen molar-refractivity contribution >= 4 is 23.2 Å². The normalized spacial score (nSPS) is 16.8. The first kappa shape index (κ1) is 17.5. The van der Waals surface area contributed by atoms with Crippen LogP contribution in [0, 0.1) is 6.92 Å². The van der Waals surface area contributed by atoms with Crippen molar-refractivity contribution in [2.24, 2.45) is 0 Å². The van der Waals surface area contributed by atoms with Gasteiger partial charge in [-0.2, -0.15) is 4.98 Å². The molecule has 1 saturated heterocycles. The molecule has 6 nitrogen and oxygen atoms in total. The Morgan fingerprint density at radius 1 is 1.22 bits per heavy atom. The summed E-state index contributed by atoms with van der Waals surface area (Å²) in [6.45, 7) is 2.54. The van der Waals surface area contributed by atoms with Gasteiger partial charge in [0, 0.05) is 29.6 Å². The van der Waals surface area contributed by atoms with E-state index in [0.29, 0.717) is 41.0 Å². The maximum absolute atomic E-state index is 12.5. The Morgan fingerprint density at radius 3 is 2.74 bits per heavy atom. The lowest BCUT2D eigenvalue weighted by Gasteiger charge is -2.16. The summed E-state index contributed by atoms with van der Waals surface area (Å²) in [6.07, 6.45) is 0.347. The lowest BCUT2D eigenvalue weighted by atomic mass is 10.1. The number of rotatable bonds is 4. The van der Waals surface area contributed by atoms with Crippen LogP contribution < -0.4 is 9.64 Å². The molecule has 1 aliphatic heterocycles. The van der Waals surface area contributed by atoms with Crippen LogP contribution in [0.4, 0.5) is 5.69 Å². The fraction of sp³-hybridized carbons (Fsp3) is 0.250. The molecule has 0 aliphatic carbocycles. The van der Waals surface area contributed by atoms with E-state index in [0.717, 1.165) is 11.3 Å². The second-order valence-corrected chi connectivity index (χ2v) is 6.98. The number of hydrogen-bond donors (Lipinski definition) is 0. The predicted molar refractivity (Wildman–Crippen MR) is 102 cm³/mol. The number of anilines is 1. The molecule has 27 heavy (non-hydrogen) atoms. The quantitative estimate of drug-likeness (QED) is 0.674. The Bertz CT molecular complexity index is 984. The zero-order valence-electron chi connectivity index (χ0n) is 15.0. The maximum Gasteiger partial charge on any atom is 0.261 e. The van der Waals surface area contributed by atoms with Crippen molar-refractivity contribution < 1.29 is 14.1 Å². The minimum Gasteiger partial charge on any atom is -0.496 e. The van der Waals surface area contributed by atoms with Crippen LogP contribution in [0.25, 0.3) is 11.5 Å². The Kier molecular flexibility index (Phi) is 4.58. The molecule has 0 bridgehead atoms. The topological polar surface area (TPSA) is 68.5 Å². The number of halogens is 1. The number of methoxy groups -OCH3 is 1. The Morgan fingerprint density at radius 2 is 2.00 bits per heavy atom. The number of aryl methyl sites for hydroxylation is 1. The third-order valence-electron chi connectivity index (χ3n) is 4.67. The highest BCUT2D eigenvalue weighted by Gasteiger charge is 2.34. The van der Waals surface area contributed by atoms with Crippen molar-refractivity contribution in [1.82, 2.24) is 10.1 Å². The number of aromatic nitrogens is 2. The lowest BCUT2D eigenvalue weighted by molar-refractivity contribution is -0.117. The first-order chi connectivity index (χ1) is 13.0. The van der Waals surface area contributed by atoms with Gasteiger partial charge in [-0.1, -0.05) is 34.5 Å². The molecule has 3 aromatic rings. The Labute approximate surface area is 161 Å². The maximum atomic E-state index is 12.5. The standard InChI is InChI=1S/C20H18ClN3O3/c1-12-3-6-15(7-4-12)24-11-13(9-18(24)25)19-22-20(27-23-19)16-10-14(21)5-8-17(16)26-2/h3-8,10,13H,9,11H2,1-2H3. The summed E-state index contributed by atoms with van der Waals surface area (Å²) < 4.78 is 10.8. The number of carbonyl (C=O) groups is 1. The molecular weight excluding hydrogens is 366 g/mol. The average molecular weight is 384 g/mol. The lowest BCUT2D eigenvalue weighted by Crippen LogP contribution is -2.24. The number of benzene rings is 2. The highest BCUT2D eigenvalue weighted by atomic mass is 35.5. The van der Waals surface area contributed by atoms with Gasteiger partial charge in [0.2, 0.25) is 5.91 Å². The number of nitrogens with zero attached hydrogens (tertiary/aromatic N) is 3. The van der Waals surface area contributed by atoms with Crippen molar-refractivity contribution in [3.05, 3.63) is 58.9 Å². The van der Waals surface area contributed by atoms with E-state index in [2.05, 4.69) is 10.1 Å². The Hall–Kier alpha value is -2.86. The zero-order chi connectivity index (χ0) is 19.0.